The van der Waals surface area contributed by atoms with E-state index in [-0.39, 0.29) is 17.2 Å². The van der Waals surface area contributed by atoms with Crippen molar-refractivity contribution in [1.82, 2.24) is 10.2 Å². The van der Waals surface area contributed by atoms with Crippen LogP contribution >= 0.6 is 0 Å². The van der Waals surface area contributed by atoms with Gasteiger partial charge in [-0.1, -0.05) is 0 Å². The summed E-state index contributed by atoms with van der Waals surface area (Å²) in [5.41, 5.74) is 0.765. The van der Waals surface area contributed by atoms with Gasteiger partial charge in [0, 0.05) is 31.6 Å². The molecule has 2 aliphatic rings. The lowest BCUT2D eigenvalue weighted by Crippen LogP contribution is -2.44. The molecule has 5 heteroatoms. The maximum absolute atomic E-state index is 12.5. The monoisotopic (exact) mass is 288 g/mol. The Morgan fingerprint density at radius 3 is 2.43 bits per heavy atom. The van der Waals surface area contributed by atoms with Crippen LogP contribution < -0.4 is 10.1 Å². The number of piperidine rings is 1. The fourth-order valence-electron chi connectivity index (χ4n) is 3.21. The summed E-state index contributed by atoms with van der Waals surface area (Å²) in [6.45, 7) is 2.20. The number of methoxy groups -OCH3 is 1. The average Bonchev–Trinajstić information content (AvgIpc) is 2.88. The standard InChI is InChI=1S/C16H20N2O3/c1-21-13-4-2-12(3-5-13)15(20)18-8-6-16(7-9-18)10-14(19)17-11-16/h2-5H,6-11H2,1H3,(H,17,19). The molecule has 0 aliphatic carbocycles. The zero-order valence-corrected chi connectivity index (χ0v) is 12.2. The fraction of sp³-hybridized carbons (Fsp3) is 0.500. The number of carbonyl (C=O) groups is 2. The summed E-state index contributed by atoms with van der Waals surface area (Å²) < 4.78 is 5.10. The summed E-state index contributed by atoms with van der Waals surface area (Å²) in [4.78, 5) is 25.8. The highest BCUT2D eigenvalue weighted by molar-refractivity contribution is 5.94. The van der Waals surface area contributed by atoms with Crippen LogP contribution in [-0.2, 0) is 4.79 Å². The predicted molar refractivity (Wildman–Crippen MR) is 78.2 cm³/mol. The van der Waals surface area contributed by atoms with Crippen molar-refractivity contribution in [3.8, 4) is 5.75 Å². The van der Waals surface area contributed by atoms with E-state index in [0.717, 1.165) is 38.2 Å². The van der Waals surface area contributed by atoms with Crippen LogP contribution in [0.5, 0.6) is 5.75 Å². The maximum atomic E-state index is 12.5. The fourth-order valence-corrected chi connectivity index (χ4v) is 3.21. The minimum Gasteiger partial charge on any atom is -0.497 e. The molecule has 2 amide bonds. The van der Waals surface area contributed by atoms with E-state index in [1.807, 2.05) is 4.90 Å². The van der Waals surface area contributed by atoms with Crippen LogP contribution in [0.25, 0.3) is 0 Å². The normalized spacial score (nSPS) is 20.4. The first-order valence-corrected chi connectivity index (χ1v) is 7.32. The van der Waals surface area contributed by atoms with Gasteiger partial charge in [0.15, 0.2) is 0 Å². The Balaban J connectivity index is 1.63. The van der Waals surface area contributed by atoms with E-state index in [4.69, 9.17) is 4.74 Å². The van der Waals surface area contributed by atoms with Crippen LogP contribution in [0.2, 0.25) is 0 Å². The summed E-state index contributed by atoms with van der Waals surface area (Å²) >= 11 is 0. The lowest BCUT2D eigenvalue weighted by molar-refractivity contribution is -0.119. The van der Waals surface area contributed by atoms with Crippen LogP contribution in [0, 0.1) is 5.41 Å². The zero-order valence-electron chi connectivity index (χ0n) is 12.2. The van der Waals surface area contributed by atoms with E-state index in [2.05, 4.69) is 5.32 Å². The number of benzene rings is 1. The minimum absolute atomic E-state index is 0.0600. The second-order valence-corrected chi connectivity index (χ2v) is 5.97. The molecule has 2 saturated heterocycles. The van der Waals surface area contributed by atoms with Gasteiger partial charge in [0.2, 0.25) is 5.91 Å². The Morgan fingerprint density at radius 1 is 1.24 bits per heavy atom. The Labute approximate surface area is 124 Å². The molecule has 0 radical (unpaired) electrons. The number of amides is 2. The van der Waals surface area contributed by atoms with Crippen LogP contribution in [0.1, 0.15) is 29.6 Å². The third kappa shape index (κ3) is 2.73. The van der Waals surface area contributed by atoms with Crippen molar-refractivity contribution in [3.63, 3.8) is 0 Å². The van der Waals surface area contributed by atoms with Gasteiger partial charge in [-0.2, -0.15) is 0 Å². The van der Waals surface area contributed by atoms with Gasteiger partial charge in [-0.15, -0.1) is 0 Å². The first kappa shape index (κ1) is 13.9. The molecule has 1 aromatic carbocycles. The third-order valence-electron chi connectivity index (χ3n) is 4.64. The van der Waals surface area contributed by atoms with Crippen molar-refractivity contribution in [2.45, 2.75) is 19.3 Å². The van der Waals surface area contributed by atoms with Crippen LogP contribution in [0.3, 0.4) is 0 Å². The number of nitrogens with one attached hydrogen (secondary N) is 1. The molecule has 0 saturated carbocycles. The van der Waals surface area contributed by atoms with E-state index in [9.17, 15) is 9.59 Å². The highest BCUT2D eigenvalue weighted by Crippen LogP contribution is 2.37. The SMILES string of the molecule is COc1ccc(C(=O)N2CCC3(CC2)CNC(=O)C3)cc1. The molecular formula is C16H20N2O3. The van der Waals surface area contributed by atoms with Crippen LogP contribution in [0.15, 0.2) is 24.3 Å². The molecule has 0 unspecified atom stereocenters. The van der Waals surface area contributed by atoms with Gasteiger partial charge in [0.25, 0.3) is 5.91 Å². The molecule has 0 atom stereocenters. The highest BCUT2D eigenvalue weighted by Gasteiger charge is 2.41. The van der Waals surface area contributed by atoms with Gasteiger partial charge in [0.1, 0.15) is 5.75 Å². The predicted octanol–water partition coefficient (Wildman–Crippen LogP) is 1.44. The number of nitrogens with zero attached hydrogens (tertiary/aromatic N) is 1. The number of hydrogen-bond donors (Lipinski definition) is 1. The Hall–Kier alpha value is -2.04. The van der Waals surface area contributed by atoms with Crippen LogP contribution in [-0.4, -0.2) is 43.5 Å². The average molecular weight is 288 g/mol. The highest BCUT2D eigenvalue weighted by atomic mass is 16.5. The third-order valence-corrected chi connectivity index (χ3v) is 4.64. The number of hydrogen-bond acceptors (Lipinski definition) is 3. The van der Waals surface area contributed by atoms with Gasteiger partial charge in [-0.3, -0.25) is 9.59 Å². The molecular weight excluding hydrogens is 268 g/mol. The van der Waals surface area contributed by atoms with Crippen molar-refractivity contribution < 1.29 is 14.3 Å². The van der Waals surface area contributed by atoms with Crippen LogP contribution in [0.4, 0.5) is 0 Å². The minimum atomic E-state index is 0.0600. The summed E-state index contributed by atoms with van der Waals surface area (Å²) in [5, 5.41) is 2.91. The van der Waals surface area contributed by atoms with E-state index < -0.39 is 0 Å². The molecule has 0 bridgehead atoms. The number of carbonyl (C=O) groups excluding carboxylic acids is 2. The molecule has 3 rings (SSSR count). The Morgan fingerprint density at radius 2 is 1.90 bits per heavy atom. The molecule has 2 fully saturated rings. The molecule has 1 aromatic rings. The molecule has 5 nitrogen and oxygen atoms in total. The van der Waals surface area contributed by atoms with E-state index in [0.29, 0.717) is 12.0 Å². The smallest absolute Gasteiger partial charge is 0.253 e. The van der Waals surface area contributed by atoms with E-state index >= 15 is 0 Å². The zero-order chi connectivity index (χ0) is 14.9. The van der Waals surface area contributed by atoms with Crippen molar-refractivity contribution in [3.05, 3.63) is 29.8 Å². The quantitative estimate of drug-likeness (QED) is 0.896. The van der Waals surface area contributed by atoms with Gasteiger partial charge in [-0.05, 0) is 42.5 Å². The maximum Gasteiger partial charge on any atom is 0.253 e. The van der Waals surface area contributed by atoms with Gasteiger partial charge >= 0.3 is 0 Å². The largest absolute Gasteiger partial charge is 0.497 e. The van der Waals surface area contributed by atoms with E-state index in [1.165, 1.54) is 0 Å². The molecule has 1 spiro atoms. The topological polar surface area (TPSA) is 58.6 Å². The molecule has 0 aromatic heterocycles. The second-order valence-electron chi connectivity index (χ2n) is 5.97. The molecule has 112 valence electrons. The lowest BCUT2D eigenvalue weighted by Gasteiger charge is -2.38. The number of ether oxygens (including phenoxy) is 1. The van der Waals surface area contributed by atoms with Gasteiger partial charge < -0.3 is 15.0 Å². The molecule has 2 aliphatic heterocycles. The second kappa shape index (κ2) is 5.39. The van der Waals surface area contributed by atoms with Crippen molar-refractivity contribution in [1.29, 1.82) is 0 Å². The summed E-state index contributed by atoms with van der Waals surface area (Å²) in [7, 11) is 1.61. The molecule has 1 N–H and O–H groups in total. The van der Waals surface area contributed by atoms with E-state index in [1.54, 1.807) is 31.4 Å². The first-order chi connectivity index (χ1) is 10.1. The number of likely N-dealkylation sites (tertiary alicyclic amines) is 1. The van der Waals surface area contributed by atoms with Crippen molar-refractivity contribution in [2.24, 2.45) is 5.41 Å². The molecule has 2 heterocycles. The van der Waals surface area contributed by atoms with Gasteiger partial charge in [0.05, 0.1) is 7.11 Å². The van der Waals surface area contributed by atoms with Crippen molar-refractivity contribution in [2.75, 3.05) is 26.7 Å². The Bertz CT molecular complexity index is 545. The van der Waals surface area contributed by atoms with Gasteiger partial charge in [-0.25, -0.2) is 0 Å². The summed E-state index contributed by atoms with van der Waals surface area (Å²) in [6, 6.07) is 7.20. The Kier molecular flexibility index (Phi) is 3.57. The van der Waals surface area contributed by atoms with Crippen molar-refractivity contribution >= 4 is 11.8 Å². The summed E-state index contributed by atoms with van der Waals surface area (Å²) in [5.74, 6) is 0.953. The summed E-state index contributed by atoms with van der Waals surface area (Å²) in [6.07, 6.45) is 2.40. The lowest BCUT2D eigenvalue weighted by atomic mass is 9.77. The first-order valence-electron chi connectivity index (χ1n) is 7.32. The molecule has 21 heavy (non-hydrogen) atoms. The number of rotatable bonds is 2.